The molecule has 1 aromatic carbocycles. The largest absolute Gasteiger partial charge is 0.490 e. The van der Waals surface area contributed by atoms with Crippen LogP contribution in [0, 0.1) is 0 Å². The number of carbonyl (C=O) groups is 1. The molecule has 1 unspecified atom stereocenters. The van der Waals surface area contributed by atoms with Gasteiger partial charge in [0.25, 0.3) is 0 Å². The normalized spacial score (nSPS) is 15.6. The fraction of sp³-hybridized carbons (Fsp3) is 0.263. The molecule has 0 spiro atoms. The Bertz CT molecular complexity index is 886. The van der Waals surface area contributed by atoms with Crippen molar-refractivity contribution in [1.29, 1.82) is 0 Å². The molecule has 0 saturated heterocycles. The van der Waals surface area contributed by atoms with Gasteiger partial charge in [0, 0.05) is 22.9 Å². The number of benzene rings is 1. The summed E-state index contributed by atoms with van der Waals surface area (Å²) in [4.78, 5) is 13.2. The van der Waals surface area contributed by atoms with Crippen LogP contribution in [0.15, 0.2) is 46.3 Å². The van der Waals surface area contributed by atoms with Crippen LogP contribution in [0.5, 0.6) is 5.75 Å². The second-order valence-electron chi connectivity index (χ2n) is 6.17. The van der Waals surface area contributed by atoms with E-state index in [1.807, 2.05) is 35.7 Å². The maximum absolute atomic E-state index is 12.0. The van der Waals surface area contributed by atoms with Gasteiger partial charge in [0.15, 0.2) is 5.76 Å². The summed E-state index contributed by atoms with van der Waals surface area (Å²) in [6.07, 6.45) is 1.32. The quantitative estimate of drug-likeness (QED) is 0.760. The third-order valence-corrected chi connectivity index (χ3v) is 5.00. The van der Waals surface area contributed by atoms with E-state index in [-0.39, 0.29) is 18.4 Å². The number of amides is 1. The minimum Gasteiger partial charge on any atom is -0.490 e. The van der Waals surface area contributed by atoms with Crippen molar-refractivity contribution in [2.75, 3.05) is 0 Å². The third-order valence-electron chi connectivity index (χ3n) is 4.12. The van der Waals surface area contributed by atoms with Gasteiger partial charge in [-0.1, -0.05) is 11.2 Å². The number of hydrogen-bond donors (Lipinski definition) is 1. The summed E-state index contributed by atoms with van der Waals surface area (Å²) in [6, 6.07) is 11.8. The minimum atomic E-state index is -0.0653. The van der Waals surface area contributed by atoms with E-state index in [1.54, 1.807) is 11.3 Å². The molecule has 6 heteroatoms. The van der Waals surface area contributed by atoms with Crippen molar-refractivity contribution in [1.82, 2.24) is 10.5 Å². The molecule has 1 amide bonds. The van der Waals surface area contributed by atoms with Crippen molar-refractivity contribution in [2.24, 2.45) is 0 Å². The van der Waals surface area contributed by atoms with Crippen LogP contribution in [0.2, 0.25) is 0 Å². The highest BCUT2D eigenvalue weighted by atomic mass is 32.1. The fourth-order valence-electron chi connectivity index (χ4n) is 2.93. The summed E-state index contributed by atoms with van der Waals surface area (Å²) in [5, 5.41) is 8.91. The lowest BCUT2D eigenvalue weighted by atomic mass is 10.1. The van der Waals surface area contributed by atoms with Gasteiger partial charge in [-0.25, -0.2) is 0 Å². The Morgan fingerprint density at radius 3 is 3.12 bits per heavy atom. The van der Waals surface area contributed by atoms with E-state index in [2.05, 4.69) is 23.5 Å². The monoisotopic (exact) mass is 354 g/mol. The van der Waals surface area contributed by atoms with Crippen LogP contribution in [0.25, 0.3) is 11.3 Å². The Morgan fingerprint density at radius 2 is 2.28 bits per heavy atom. The predicted molar refractivity (Wildman–Crippen MR) is 95.6 cm³/mol. The van der Waals surface area contributed by atoms with Crippen LogP contribution in [-0.2, 0) is 24.2 Å². The molecule has 0 fully saturated rings. The standard InChI is InChI=1S/C19H18N2O3S/c1-12-7-14-8-13(4-5-17(14)23-12)18-9-15(21-24-18)10-19(22)20-11-16-3-2-6-25-16/h2-6,8-9,12H,7,10-11H2,1H3,(H,20,22). The molecule has 3 heterocycles. The number of nitrogens with zero attached hydrogens (tertiary/aromatic N) is 1. The molecular weight excluding hydrogens is 336 g/mol. The predicted octanol–water partition coefficient (Wildman–Crippen LogP) is 3.59. The lowest BCUT2D eigenvalue weighted by Gasteiger charge is -2.02. The van der Waals surface area contributed by atoms with E-state index < -0.39 is 0 Å². The van der Waals surface area contributed by atoms with Crippen LogP contribution in [0.3, 0.4) is 0 Å². The summed E-state index contributed by atoms with van der Waals surface area (Å²) in [6.45, 7) is 2.60. The Balaban J connectivity index is 1.40. The van der Waals surface area contributed by atoms with Crippen LogP contribution in [-0.4, -0.2) is 17.2 Å². The van der Waals surface area contributed by atoms with E-state index in [9.17, 15) is 4.79 Å². The van der Waals surface area contributed by atoms with Gasteiger partial charge in [-0.05, 0) is 42.1 Å². The lowest BCUT2D eigenvalue weighted by Crippen LogP contribution is -2.24. The molecule has 0 bridgehead atoms. The first kappa shape index (κ1) is 15.9. The highest BCUT2D eigenvalue weighted by molar-refractivity contribution is 7.09. The summed E-state index contributed by atoms with van der Waals surface area (Å²) in [5.74, 6) is 1.54. The zero-order chi connectivity index (χ0) is 17.2. The molecule has 5 nitrogen and oxygen atoms in total. The molecule has 0 saturated carbocycles. The van der Waals surface area contributed by atoms with Crippen molar-refractivity contribution in [3.05, 3.63) is 57.9 Å². The molecule has 25 heavy (non-hydrogen) atoms. The highest BCUT2D eigenvalue weighted by Crippen LogP contribution is 2.33. The maximum Gasteiger partial charge on any atom is 0.226 e. The Morgan fingerprint density at radius 1 is 1.36 bits per heavy atom. The molecule has 1 atom stereocenters. The highest BCUT2D eigenvalue weighted by Gasteiger charge is 2.20. The van der Waals surface area contributed by atoms with Crippen molar-refractivity contribution >= 4 is 17.2 Å². The van der Waals surface area contributed by atoms with Gasteiger partial charge >= 0.3 is 0 Å². The first-order chi connectivity index (χ1) is 12.2. The van der Waals surface area contributed by atoms with Crippen molar-refractivity contribution < 1.29 is 14.1 Å². The number of thiophene rings is 1. The number of ether oxygens (including phenoxy) is 1. The van der Waals surface area contributed by atoms with Gasteiger partial charge in [-0.3, -0.25) is 4.79 Å². The number of fused-ring (bicyclic) bond motifs is 1. The molecular formula is C19H18N2O3S. The van der Waals surface area contributed by atoms with E-state index in [1.165, 1.54) is 5.56 Å². The Hall–Kier alpha value is -2.60. The SMILES string of the molecule is CC1Cc2cc(-c3cc(CC(=O)NCc4cccs4)no3)ccc2O1. The summed E-state index contributed by atoms with van der Waals surface area (Å²) >= 11 is 1.62. The van der Waals surface area contributed by atoms with Gasteiger partial charge in [-0.15, -0.1) is 11.3 Å². The summed E-state index contributed by atoms with van der Waals surface area (Å²) < 4.78 is 11.1. The Labute approximate surface area is 149 Å². The molecule has 128 valence electrons. The van der Waals surface area contributed by atoms with Crippen LogP contribution in [0.4, 0.5) is 0 Å². The van der Waals surface area contributed by atoms with Crippen molar-refractivity contribution in [3.63, 3.8) is 0 Å². The average Bonchev–Trinajstić information content (AvgIpc) is 3.32. The van der Waals surface area contributed by atoms with E-state index in [0.29, 0.717) is 18.0 Å². The fourth-order valence-corrected chi connectivity index (χ4v) is 3.58. The minimum absolute atomic E-state index is 0.0653. The number of carbonyl (C=O) groups excluding carboxylic acids is 1. The van der Waals surface area contributed by atoms with Gasteiger partial charge in [0.05, 0.1) is 18.7 Å². The van der Waals surface area contributed by atoms with Crippen molar-refractivity contribution in [3.8, 4) is 17.1 Å². The lowest BCUT2D eigenvalue weighted by molar-refractivity contribution is -0.120. The molecule has 1 N–H and O–H groups in total. The summed E-state index contributed by atoms with van der Waals surface area (Å²) in [7, 11) is 0. The van der Waals surface area contributed by atoms with Gasteiger partial charge in [-0.2, -0.15) is 0 Å². The maximum atomic E-state index is 12.0. The van der Waals surface area contributed by atoms with E-state index in [0.717, 1.165) is 22.6 Å². The molecule has 2 aromatic heterocycles. The van der Waals surface area contributed by atoms with Gasteiger partial charge in [0.1, 0.15) is 11.9 Å². The molecule has 3 aromatic rings. The first-order valence-corrected chi connectivity index (χ1v) is 9.10. The topological polar surface area (TPSA) is 64.4 Å². The zero-order valence-corrected chi connectivity index (χ0v) is 14.6. The molecule has 0 aliphatic carbocycles. The molecule has 4 rings (SSSR count). The number of hydrogen-bond acceptors (Lipinski definition) is 5. The molecule has 0 radical (unpaired) electrons. The zero-order valence-electron chi connectivity index (χ0n) is 13.8. The number of rotatable bonds is 5. The van der Waals surface area contributed by atoms with Crippen molar-refractivity contribution in [2.45, 2.75) is 32.4 Å². The second kappa shape index (κ2) is 6.72. The second-order valence-corrected chi connectivity index (χ2v) is 7.20. The molecule has 1 aliphatic heterocycles. The molecule has 1 aliphatic rings. The number of aromatic nitrogens is 1. The average molecular weight is 354 g/mol. The van der Waals surface area contributed by atoms with Crippen LogP contribution < -0.4 is 10.1 Å². The third kappa shape index (κ3) is 3.58. The Kier molecular flexibility index (Phi) is 4.28. The van der Waals surface area contributed by atoms with Crippen LogP contribution in [0.1, 0.15) is 23.1 Å². The van der Waals surface area contributed by atoms with Crippen LogP contribution >= 0.6 is 11.3 Å². The van der Waals surface area contributed by atoms with E-state index >= 15 is 0 Å². The summed E-state index contributed by atoms with van der Waals surface area (Å²) in [5.41, 5.74) is 2.76. The number of nitrogens with one attached hydrogen (secondary N) is 1. The van der Waals surface area contributed by atoms with Gasteiger partial charge < -0.3 is 14.6 Å². The van der Waals surface area contributed by atoms with E-state index in [4.69, 9.17) is 9.26 Å². The van der Waals surface area contributed by atoms with Gasteiger partial charge in [0.2, 0.25) is 5.91 Å². The smallest absolute Gasteiger partial charge is 0.226 e. The first-order valence-electron chi connectivity index (χ1n) is 8.22.